The highest BCUT2D eigenvalue weighted by Crippen LogP contribution is 2.57. The summed E-state index contributed by atoms with van der Waals surface area (Å²) in [6.07, 6.45) is 0. The minimum Gasteiger partial charge on any atom is -0.507 e. The van der Waals surface area contributed by atoms with Crippen molar-refractivity contribution < 1.29 is 10.2 Å². The molecule has 0 amide bonds. The molecule has 0 atom stereocenters. The van der Waals surface area contributed by atoms with E-state index in [9.17, 15) is 10.2 Å². The second-order valence-electron chi connectivity index (χ2n) is 10.3. The molecular weight excluding hydrogens is 636 g/mol. The number of benzene rings is 6. The molecule has 0 aliphatic heterocycles. The van der Waals surface area contributed by atoms with Gasteiger partial charge in [0.1, 0.15) is 11.5 Å². The monoisotopic (exact) mass is 658 g/mol. The predicted octanol–water partition coefficient (Wildman–Crippen LogP) is 10.3. The zero-order valence-corrected chi connectivity index (χ0v) is 25.0. The Kier molecular flexibility index (Phi) is 6.33. The molecule has 0 saturated carbocycles. The number of hydrogen-bond acceptors (Lipinski definition) is 2. The molecule has 7 rings (SSSR count). The molecule has 41 heavy (non-hydrogen) atoms. The van der Waals surface area contributed by atoms with Gasteiger partial charge in [-0.05, 0) is 93.0 Å². The highest BCUT2D eigenvalue weighted by atomic mass is 79.9. The number of aromatic hydroxyl groups is 2. The molecule has 0 heterocycles. The van der Waals surface area contributed by atoms with Gasteiger partial charge in [-0.15, -0.1) is 0 Å². The van der Waals surface area contributed by atoms with Crippen molar-refractivity contribution in [2.24, 2.45) is 0 Å². The van der Waals surface area contributed by atoms with Crippen LogP contribution in [0.2, 0.25) is 0 Å². The number of phenolic OH excluding ortho intramolecular Hbond substituents is 2. The molecule has 6 aromatic rings. The maximum absolute atomic E-state index is 11.0. The Balaban J connectivity index is 1.56. The fraction of sp³-hybridized carbons (Fsp3) is 0.0270. The first kappa shape index (κ1) is 25.8. The summed E-state index contributed by atoms with van der Waals surface area (Å²) in [6, 6.07) is 45.0. The van der Waals surface area contributed by atoms with Gasteiger partial charge in [-0.25, -0.2) is 0 Å². The number of rotatable bonds is 4. The lowest BCUT2D eigenvalue weighted by atomic mass is 9.67. The summed E-state index contributed by atoms with van der Waals surface area (Å²) in [6.45, 7) is 0. The molecule has 198 valence electrons. The fourth-order valence-corrected chi connectivity index (χ4v) is 6.81. The molecular formula is C37H24Br2O2. The van der Waals surface area contributed by atoms with E-state index < -0.39 is 5.41 Å². The smallest absolute Gasteiger partial charge is 0.123 e. The van der Waals surface area contributed by atoms with Crippen LogP contribution in [0.25, 0.3) is 33.4 Å². The lowest BCUT2D eigenvalue weighted by Crippen LogP contribution is -2.28. The van der Waals surface area contributed by atoms with Gasteiger partial charge in [-0.2, -0.15) is 0 Å². The predicted molar refractivity (Wildman–Crippen MR) is 173 cm³/mol. The summed E-state index contributed by atoms with van der Waals surface area (Å²) < 4.78 is 1.97. The normalized spacial score (nSPS) is 13.0. The summed E-state index contributed by atoms with van der Waals surface area (Å²) in [4.78, 5) is 0. The van der Waals surface area contributed by atoms with Crippen LogP contribution in [-0.4, -0.2) is 10.2 Å². The van der Waals surface area contributed by atoms with E-state index in [1.807, 2.05) is 60.7 Å². The molecule has 0 saturated heterocycles. The van der Waals surface area contributed by atoms with E-state index in [0.717, 1.165) is 42.3 Å². The van der Waals surface area contributed by atoms with E-state index in [-0.39, 0.29) is 11.5 Å². The number of halogens is 2. The molecule has 0 radical (unpaired) electrons. The lowest BCUT2D eigenvalue weighted by molar-refractivity contribution is 0.477. The largest absolute Gasteiger partial charge is 0.507 e. The SMILES string of the molecule is Oc1ccc(C2(c3ccc(O)c(-c4ccc(Br)cc4)c3)c3ccccc3-c3ccccc32)cc1-c1ccc(Br)cc1. The zero-order valence-electron chi connectivity index (χ0n) is 21.9. The summed E-state index contributed by atoms with van der Waals surface area (Å²) in [5.74, 6) is 0.457. The summed E-state index contributed by atoms with van der Waals surface area (Å²) >= 11 is 7.06. The Morgan fingerprint density at radius 2 is 0.805 bits per heavy atom. The van der Waals surface area contributed by atoms with Crippen LogP contribution in [0, 0.1) is 0 Å². The van der Waals surface area contributed by atoms with Gasteiger partial charge in [-0.3, -0.25) is 0 Å². The third-order valence-electron chi connectivity index (χ3n) is 8.12. The van der Waals surface area contributed by atoms with E-state index in [0.29, 0.717) is 0 Å². The first-order valence-electron chi connectivity index (χ1n) is 13.3. The van der Waals surface area contributed by atoms with Gasteiger partial charge in [-0.1, -0.05) is 117 Å². The second kappa shape index (κ2) is 10.1. The van der Waals surface area contributed by atoms with Gasteiger partial charge in [0, 0.05) is 20.1 Å². The van der Waals surface area contributed by atoms with Crippen molar-refractivity contribution in [1.82, 2.24) is 0 Å². The van der Waals surface area contributed by atoms with Crippen LogP contribution in [0.5, 0.6) is 11.5 Å². The lowest BCUT2D eigenvalue weighted by Gasteiger charge is -2.34. The van der Waals surface area contributed by atoms with E-state index in [1.54, 1.807) is 12.1 Å². The van der Waals surface area contributed by atoms with Crippen molar-refractivity contribution in [3.63, 3.8) is 0 Å². The quantitative estimate of drug-likeness (QED) is 0.197. The average molecular weight is 660 g/mol. The molecule has 1 aliphatic carbocycles. The second-order valence-corrected chi connectivity index (χ2v) is 12.2. The third kappa shape index (κ3) is 4.13. The maximum atomic E-state index is 11.0. The van der Waals surface area contributed by atoms with Crippen LogP contribution >= 0.6 is 31.9 Å². The molecule has 0 unspecified atom stereocenters. The van der Waals surface area contributed by atoms with Crippen LogP contribution in [0.1, 0.15) is 22.3 Å². The third-order valence-corrected chi connectivity index (χ3v) is 9.18. The van der Waals surface area contributed by atoms with E-state index in [1.165, 1.54) is 22.3 Å². The Hall–Kier alpha value is -4.12. The minimum atomic E-state index is -0.678. The number of fused-ring (bicyclic) bond motifs is 3. The van der Waals surface area contributed by atoms with Crippen molar-refractivity contribution in [2.75, 3.05) is 0 Å². The van der Waals surface area contributed by atoms with E-state index in [2.05, 4.69) is 92.5 Å². The van der Waals surface area contributed by atoms with Gasteiger partial charge >= 0.3 is 0 Å². The van der Waals surface area contributed by atoms with Gasteiger partial charge in [0.15, 0.2) is 0 Å². The van der Waals surface area contributed by atoms with Crippen molar-refractivity contribution in [1.29, 1.82) is 0 Å². The van der Waals surface area contributed by atoms with Crippen molar-refractivity contribution in [2.45, 2.75) is 5.41 Å². The molecule has 2 nitrogen and oxygen atoms in total. The molecule has 6 aromatic carbocycles. The van der Waals surface area contributed by atoms with Crippen molar-refractivity contribution in [3.05, 3.63) is 165 Å². The zero-order chi connectivity index (χ0) is 28.1. The van der Waals surface area contributed by atoms with E-state index >= 15 is 0 Å². The highest BCUT2D eigenvalue weighted by molar-refractivity contribution is 9.10. The molecule has 1 aliphatic rings. The summed E-state index contributed by atoms with van der Waals surface area (Å²) in [5, 5.41) is 22.1. The number of phenols is 2. The topological polar surface area (TPSA) is 40.5 Å². The van der Waals surface area contributed by atoms with Crippen LogP contribution in [0.4, 0.5) is 0 Å². The number of hydrogen-bond donors (Lipinski definition) is 2. The standard InChI is InChI=1S/C37H24Br2O2/c38-27-15-9-23(10-16-27)31-21-25(13-19-35(31)40)37(33-7-3-1-5-29(33)30-6-2-4-8-34(30)37)26-14-20-36(41)32(22-26)24-11-17-28(39)18-12-24/h1-22,40-41H. The first-order valence-corrected chi connectivity index (χ1v) is 14.9. The van der Waals surface area contributed by atoms with Crippen LogP contribution in [0.3, 0.4) is 0 Å². The molecule has 4 heteroatoms. The Morgan fingerprint density at radius 3 is 1.22 bits per heavy atom. The van der Waals surface area contributed by atoms with Crippen LogP contribution < -0.4 is 0 Å². The van der Waals surface area contributed by atoms with Crippen LogP contribution in [0.15, 0.2) is 142 Å². The minimum absolute atomic E-state index is 0.229. The Morgan fingerprint density at radius 1 is 0.415 bits per heavy atom. The van der Waals surface area contributed by atoms with Gasteiger partial charge in [0.25, 0.3) is 0 Å². The maximum Gasteiger partial charge on any atom is 0.123 e. The average Bonchev–Trinajstić information content (AvgIpc) is 3.30. The first-order chi connectivity index (χ1) is 20.0. The van der Waals surface area contributed by atoms with Gasteiger partial charge < -0.3 is 10.2 Å². The Labute approximate surface area is 255 Å². The van der Waals surface area contributed by atoms with Crippen molar-refractivity contribution >= 4 is 31.9 Å². The summed E-state index contributed by atoms with van der Waals surface area (Å²) in [5.41, 5.74) is 9.50. The van der Waals surface area contributed by atoms with E-state index in [4.69, 9.17) is 0 Å². The van der Waals surface area contributed by atoms with Gasteiger partial charge in [0.05, 0.1) is 5.41 Å². The van der Waals surface area contributed by atoms with Crippen molar-refractivity contribution in [3.8, 4) is 44.9 Å². The fourth-order valence-electron chi connectivity index (χ4n) is 6.28. The van der Waals surface area contributed by atoms with Crippen LogP contribution in [-0.2, 0) is 5.41 Å². The molecule has 0 bridgehead atoms. The molecule has 0 aromatic heterocycles. The molecule has 0 fully saturated rings. The molecule has 0 spiro atoms. The Bertz CT molecular complexity index is 1780. The van der Waals surface area contributed by atoms with Gasteiger partial charge in [0.2, 0.25) is 0 Å². The summed E-state index contributed by atoms with van der Waals surface area (Å²) in [7, 11) is 0. The highest BCUT2D eigenvalue weighted by Gasteiger charge is 2.46. The molecule has 2 N–H and O–H groups in total.